The van der Waals surface area contributed by atoms with Crippen molar-refractivity contribution in [3.8, 4) is 5.75 Å². The molecule has 3 aliphatic carbocycles. The molecule has 2 nitrogen and oxygen atoms in total. The van der Waals surface area contributed by atoms with E-state index in [4.69, 9.17) is 4.74 Å². The van der Waals surface area contributed by atoms with Gasteiger partial charge in [0.05, 0.1) is 5.92 Å². The van der Waals surface area contributed by atoms with Crippen molar-refractivity contribution in [3.63, 3.8) is 0 Å². The molecule has 0 saturated heterocycles. The molecule has 4 atom stereocenters. The molecule has 0 heterocycles. The van der Waals surface area contributed by atoms with Crippen LogP contribution in [0, 0.1) is 47.1 Å². The van der Waals surface area contributed by atoms with Crippen molar-refractivity contribution in [3.05, 3.63) is 29.3 Å². The molecule has 4 rings (SSSR count). The number of hydrogen-bond acceptors (Lipinski definition) is 2. The molecular formula is C30H41F5O2. The number of hydrogen-bond donors (Lipinski definition) is 0. The Bertz CT molecular complexity index is 883. The summed E-state index contributed by atoms with van der Waals surface area (Å²) in [6, 6.07) is 0.877. The van der Waals surface area contributed by atoms with E-state index in [9.17, 15) is 26.7 Å². The number of fused-ring (bicyclic) bond motifs is 1. The summed E-state index contributed by atoms with van der Waals surface area (Å²) in [5.41, 5.74) is -1.97. The summed E-state index contributed by atoms with van der Waals surface area (Å²) in [6.07, 6.45) is 12.9. The Hall–Kier alpha value is -1.66. The van der Waals surface area contributed by atoms with E-state index >= 15 is 0 Å². The zero-order valence-corrected chi connectivity index (χ0v) is 21.9. The van der Waals surface area contributed by atoms with Crippen LogP contribution in [0.3, 0.4) is 0 Å². The van der Waals surface area contributed by atoms with Crippen molar-refractivity contribution in [2.75, 3.05) is 0 Å². The van der Waals surface area contributed by atoms with Crippen LogP contribution in [0.1, 0.15) is 109 Å². The number of carbonyl (C=O) groups excluding carboxylic acids is 1. The maximum atomic E-state index is 13.8. The maximum Gasteiger partial charge on any atom is 0.422 e. The molecule has 0 aromatic heterocycles. The minimum atomic E-state index is -5.15. The molecule has 4 unspecified atom stereocenters. The smallest absolute Gasteiger partial charge is 0.422 e. The Balaban J connectivity index is 1.22. The highest BCUT2D eigenvalue weighted by Gasteiger charge is 2.40. The monoisotopic (exact) mass is 528 g/mol. The second-order valence-corrected chi connectivity index (χ2v) is 11.9. The van der Waals surface area contributed by atoms with Gasteiger partial charge < -0.3 is 4.74 Å². The number of unbranched alkanes of at least 4 members (excludes halogenated alkanes) is 3. The molecular weight excluding hydrogens is 487 g/mol. The molecule has 1 aromatic carbocycles. The van der Waals surface area contributed by atoms with Gasteiger partial charge in [-0.3, -0.25) is 4.79 Å². The van der Waals surface area contributed by atoms with Gasteiger partial charge in [-0.15, -0.1) is 0 Å². The Labute approximate surface area is 217 Å². The molecule has 0 radical (unpaired) electrons. The van der Waals surface area contributed by atoms with Crippen molar-refractivity contribution in [1.82, 2.24) is 0 Å². The fourth-order valence-electron chi connectivity index (χ4n) is 7.48. The second kappa shape index (κ2) is 12.5. The minimum Gasteiger partial charge on any atom is -0.426 e. The zero-order valence-electron chi connectivity index (χ0n) is 21.9. The van der Waals surface area contributed by atoms with Crippen molar-refractivity contribution < 1.29 is 31.5 Å². The second-order valence-electron chi connectivity index (χ2n) is 11.9. The van der Waals surface area contributed by atoms with Gasteiger partial charge in [0.2, 0.25) is 0 Å². The van der Waals surface area contributed by atoms with Gasteiger partial charge in [0.25, 0.3) is 0 Å². The van der Waals surface area contributed by atoms with Gasteiger partial charge in [-0.25, -0.2) is 8.78 Å². The highest BCUT2D eigenvalue weighted by Crippen LogP contribution is 2.50. The fraction of sp³-hybridized carbons (Fsp3) is 0.767. The average molecular weight is 529 g/mol. The quantitative estimate of drug-likeness (QED) is 0.145. The summed E-state index contributed by atoms with van der Waals surface area (Å²) >= 11 is 0. The summed E-state index contributed by atoms with van der Waals surface area (Å²) in [6.45, 7) is 2.26. The highest BCUT2D eigenvalue weighted by molar-refractivity contribution is 5.75. The number of ether oxygens (including phenoxy) is 1. The van der Waals surface area contributed by atoms with Gasteiger partial charge in [-0.05, 0) is 87.4 Å². The molecule has 7 heteroatoms. The molecule has 0 N–H and O–H groups in total. The standard InChI is InChI=1S/C30H41F5O2/c1-2-3-4-5-6-19-7-8-24-16-23(14-13-22(24)15-19)20-9-11-21(12-10-20)29(36)37-25-17-26(31)28(27(32)18-25)30(33,34)35/h17-24H,2-16H2,1H3. The molecule has 37 heavy (non-hydrogen) atoms. The Kier molecular flexibility index (Phi) is 9.55. The first-order valence-electron chi connectivity index (χ1n) is 14.4. The van der Waals surface area contributed by atoms with E-state index in [1.54, 1.807) is 0 Å². The summed E-state index contributed by atoms with van der Waals surface area (Å²) in [7, 11) is 0. The van der Waals surface area contributed by atoms with E-state index in [2.05, 4.69) is 6.92 Å². The van der Waals surface area contributed by atoms with Crippen molar-refractivity contribution in [2.24, 2.45) is 35.5 Å². The molecule has 0 amide bonds. The third-order valence-corrected chi connectivity index (χ3v) is 9.52. The van der Waals surface area contributed by atoms with Crippen LogP contribution in [0.25, 0.3) is 0 Å². The number of alkyl halides is 3. The Morgan fingerprint density at radius 2 is 1.38 bits per heavy atom. The molecule has 1 aromatic rings. The van der Waals surface area contributed by atoms with Crippen LogP contribution in [-0.2, 0) is 11.0 Å². The van der Waals surface area contributed by atoms with Gasteiger partial charge in [-0.2, -0.15) is 13.2 Å². The normalized spacial score (nSPS) is 30.5. The molecule has 3 aliphatic rings. The Morgan fingerprint density at radius 3 is 2.00 bits per heavy atom. The predicted molar refractivity (Wildman–Crippen MR) is 133 cm³/mol. The van der Waals surface area contributed by atoms with E-state index in [-0.39, 0.29) is 5.92 Å². The average Bonchev–Trinajstić information content (AvgIpc) is 2.85. The van der Waals surface area contributed by atoms with Crippen LogP contribution in [-0.4, -0.2) is 5.97 Å². The van der Waals surface area contributed by atoms with Crippen LogP contribution >= 0.6 is 0 Å². The third-order valence-electron chi connectivity index (χ3n) is 9.52. The SMILES string of the molecule is CCCCCCC1CCC2CC(C3CCC(C(=O)Oc4cc(F)c(C(F)(F)F)c(F)c4)CC3)CCC2C1. The lowest BCUT2D eigenvalue weighted by Crippen LogP contribution is -2.35. The fourth-order valence-corrected chi connectivity index (χ4v) is 7.48. The first-order valence-corrected chi connectivity index (χ1v) is 14.4. The van der Waals surface area contributed by atoms with Gasteiger partial charge in [0, 0.05) is 12.1 Å². The summed E-state index contributed by atoms with van der Waals surface area (Å²) in [5, 5.41) is 0. The zero-order chi connectivity index (χ0) is 26.6. The summed E-state index contributed by atoms with van der Waals surface area (Å²) in [5.74, 6) is -1.12. The largest absolute Gasteiger partial charge is 0.426 e. The van der Waals surface area contributed by atoms with Gasteiger partial charge in [-0.1, -0.05) is 45.4 Å². The molecule has 0 aliphatic heterocycles. The van der Waals surface area contributed by atoms with Crippen molar-refractivity contribution in [2.45, 2.75) is 109 Å². The van der Waals surface area contributed by atoms with Crippen LogP contribution in [0.4, 0.5) is 22.0 Å². The first kappa shape index (κ1) is 28.4. The van der Waals surface area contributed by atoms with E-state index in [0.29, 0.717) is 36.8 Å². The number of rotatable bonds is 8. The van der Waals surface area contributed by atoms with Crippen LogP contribution in [0.2, 0.25) is 0 Å². The molecule has 208 valence electrons. The van der Waals surface area contributed by atoms with Crippen molar-refractivity contribution >= 4 is 5.97 Å². The van der Waals surface area contributed by atoms with E-state index in [0.717, 1.165) is 30.6 Å². The number of carbonyl (C=O) groups is 1. The van der Waals surface area contributed by atoms with Gasteiger partial charge in [0.15, 0.2) is 0 Å². The number of benzene rings is 1. The van der Waals surface area contributed by atoms with Gasteiger partial charge in [0.1, 0.15) is 22.9 Å². The topological polar surface area (TPSA) is 26.3 Å². The van der Waals surface area contributed by atoms with Crippen LogP contribution < -0.4 is 4.74 Å². The molecule has 3 saturated carbocycles. The maximum absolute atomic E-state index is 13.8. The Morgan fingerprint density at radius 1 is 0.811 bits per heavy atom. The molecule has 0 spiro atoms. The summed E-state index contributed by atoms with van der Waals surface area (Å²) < 4.78 is 71.1. The lowest BCUT2D eigenvalue weighted by molar-refractivity contribution is -0.142. The van der Waals surface area contributed by atoms with E-state index in [1.165, 1.54) is 70.6 Å². The number of halogens is 5. The first-order chi connectivity index (χ1) is 17.7. The van der Waals surface area contributed by atoms with Gasteiger partial charge >= 0.3 is 12.1 Å². The van der Waals surface area contributed by atoms with E-state index in [1.807, 2.05) is 0 Å². The van der Waals surface area contributed by atoms with Crippen LogP contribution in [0.15, 0.2) is 12.1 Å². The molecule has 3 fully saturated rings. The van der Waals surface area contributed by atoms with E-state index < -0.39 is 35.1 Å². The summed E-state index contributed by atoms with van der Waals surface area (Å²) in [4.78, 5) is 12.6. The highest BCUT2D eigenvalue weighted by atomic mass is 19.4. The minimum absolute atomic E-state index is 0.385. The van der Waals surface area contributed by atoms with Crippen molar-refractivity contribution in [1.29, 1.82) is 0 Å². The predicted octanol–water partition coefficient (Wildman–Crippen LogP) is 9.50. The third kappa shape index (κ3) is 7.26. The lowest BCUT2D eigenvalue weighted by atomic mass is 9.60. The van der Waals surface area contributed by atoms with Crippen LogP contribution in [0.5, 0.6) is 5.75 Å². The molecule has 0 bridgehead atoms. The number of esters is 1. The lowest BCUT2D eigenvalue weighted by Gasteiger charge is -2.45.